The highest BCUT2D eigenvalue weighted by Gasteiger charge is 2.43. The maximum Gasteiger partial charge on any atom is 0.416 e. The third-order valence-corrected chi connectivity index (χ3v) is 5.03. The predicted molar refractivity (Wildman–Crippen MR) is 95.5 cm³/mol. The molecule has 4 rings (SSSR count). The van der Waals surface area contributed by atoms with Crippen molar-refractivity contribution < 1.29 is 27.5 Å². The fourth-order valence-corrected chi connectivity index (χ4v) is 3.66. The van der Waals surface area contributed by atoms with E-state index >= 15 is 0 Å². The van der Waals surface area contributed by atoms with Crippen LogP contribution in [0.4, 0.5) is 18.9 Å². The summed E-state index contributed by atoms with van der Waals surface area (Å²) >= 11 is 0. The van der Waals surface area contributed by atoms with E-state index in [1.807, 2.05) is 31.2 Å². The van der Waals surface area contributed by atoms with Gasteiger partial charge in [-0.2, -0.15) is 13.2 Å². The Morgan fingerprint density at radius 2 is 1.79 bits per heavy atom. The highest BCUT2D eigenvalue weighted by molar-refractivity contribution is 6.06. The molecular formula is C21H16F3NO3. The number of carbonyl (C=O) groups excluding carboxylic acids is 2. The van der Waals surface area contributed by atoms with Gasteiger partial charge in [0.05, 0.1) is 16.8 Å². The minimum Gasteiger partial charge on any atom is -0.456 e. The minimum absolute atomic E-state index is 0.0206. The fraction of sp³-hybridized carbons (Fsp3) is 0.238. The van der Waals surface area contributed by atoms with Crippen LogP contribution in [0.5, 0.6) is 0 Å². The van der Waals surface area contributed by atoms with Crippen molar-refractivity contribution in [2.75, 3.05) is 11.5 Å². The van der Waals surface area contributed by atoms with Gasteiger partial charge in [-0.05, 0) is 30.7 Å². The molecule has 0 fully saturated rings. The number of rotatable bonds is 2. The number of alkyl halides is 3. The zero-order chi connectivity index (χ0) is 20.1. The van der Waals surface area contributed by atoms with E-state index < -0.39 is 23.6 Å². The molecule has 0 aliphatic carbocycles. The number of anilines is 1. The first-order chi connectivity index (χ1) is 13.3. The molecule has 0 bridgehead atoms. The summed E-state index contributed by atoms with van der Waals surface area (Å²) < 4.78 is 44.4. The molecule has 0 spiro atoms. The topological polar surface area (TPSA) is 46.6 Å². The molecule has 0 aromatic heterocycles. The molecule has 2 aliphatic rings. The highest BCUT2D eigenvalue weighted by atomic mass is 19.4. The maximum absolute atomic E-state index is 13.1. The van der Waals surface area contributed by atoms with Crippen molar-refractivity contribution in [3.05, 3.63) is 76.5 Å². The first-order valence-electron chi connectivity index (χ1n) is 8.72. The smallest absolute Gasteiger partial charge is 0.416 e. The van der Waals surface area contributed by atoms with E-state index in [0.717, 1.165) is 23.3 Å². The van der Waals surface area contributed by atoms with E-state index in [1.54, 1.807) is 0 Å². The number of ether oxygens (including phenoxy) is 1. The van der Waals surface area contributed by atoms with E-state index in [9.17, 15) is 22.8 Å². The van der Waals surface area contributed by atoms with E-state index in [2.05, 4.69) is 0 Å². The molecule has 2 aliphatic heterocycles. The molecule has 2 aromatic rings. The van der Waals surface area contributed by atoms with Gasteiger partial charge in [0.25, 0.3) is 0 Å². The molecule has 4 nitrogen and oxygen atoms in total. The minimum atomic E-state index is -4.53. The predicted octanol–water partition coefficient (Wildman–Crippen LogP) is 4.35. The van der Waals surface area contributed by atoms with E-state index in [-0.39, 0.29) is 24.6 Å². The summed E-state index contributed by atoms with van der Waals surface area (Å²) in [7, 11) is 0. The van der Waals surface area contributed by atoms with Crippen molar-refractivity contribution >= 4 is 17.6 Å². The van der Waals surface area contributed by atoms with Crippen molar-refractivity contribution in [3.8, 4) is 0 Å². The average molecular weight is 387 g/mol. The molecule has 0 N–H and O–H groups in total. The SMILES string of the molecule is Cc1ccc(C2CC(=O)N(c3cccc(C(F)(F)F)c3)C3=C2C(=O)OC3)cc1. The normalized spacial score (nSPS) is 19.7. The third kappa shape index (κ3) is 3.06. The molecule has 0 radical (unpaired) electrons. The molecule has 144 valence electrons. The molecule has 28 heavy (non-hydrogen) atoms. The van der Waals surface area contributed by atoms with Gasteiger partial charge in [-0.15, -0.1) is 0 Å². The van der Waals surface area contributed by atoms with Crippen LogP contribution in [0.25, 0.3) is 0 Å². The van der Waals surface area contributed by atoms with Crippen molar-refractivity contribution in [2.45, 2.75) is 25.4 Å². The Hall–Kier alpha value is -3.09. The summed E-state index contributed by atoms with van der Waals surface area (Å²) in [6, 6.07) is 12.0. The van der Waals surface area contributed by atoms with Crippen molar-refractivity contribution in [1.29, 1.82) is 0 Å². The Labute approximate surface area is 159 Å². The second-order valence-electron chi connectivity index (χ2n) is 6.88. The third-order valence-electron chi connectivity index (χ3n) is 5.03. The van der Waals surface area contributed by atoms with Gasteiger partial charge < -0.3 is 4.74 Å². The first-order valence-corrected chi connectivity index (χ1v) is 8.72. The second kappa shape index (κ2) is 6.51. The van der Waals surface area contributed by atoms with Gasteiger partial charge in [0, 0.05) is 18.0 Å². The Kier molecular flexibility index (Phi) is 4.25. The summed E-state index contributed by atoms with van der Waals surface area (Å²) in [5.74, 6) is -1.38. The van der Waals surface area contributed by atoms with Crippen molar-refractivity contribution in [3.63, 3.8) is 0 Å². The summed E-state index contributed by atoms with van der Waals surface area (Å²) in [4.78, 5) is 26.5. The van der Waals surface area contributed by atoms with Crippen LogP contribution >= 0.6 is 0 Å². The summed E-state index contributed by atoms with van der Waals surface area (Å²) in [6.45, 7) is 1.79. The first kappa shape index (κ1) is 18.3. The van der Waals surface area contributed by atoms with Crippen LogP contribution in [0.1, 0.15) is 29.0 Å². The Bertz CT molecular complexity index is 993. The number of halogens is 3. The number of aryl methyl sites for hydroxylation is 1. The number of carbonyl (C=O) groups is 2. The van der Waals surface area contributed by atoms with Crippen molar-refractivity contribution in [1.82, 2.24) is 0 Å². The van der Waals surface area contributed by atoms with Gasteiger partial charge in [-0.1, -0.05) is 35.9 Å². The summed E-state index contributed by atoms with van der Waals surface area (Å²) in [6.07, 6.45) is -4.55. The zero-order valence-electron chi connectivity index (χ0n) is 14.9. The highest BCUT2D eigenvalue weighted by Crippen LogP contribution is 2.42. The van der Waals surface area contributed by atoms with E-state index in [1.165, 1.54) is 17.0 Å². The molecule has 0 saturated heterocycles. The van der Waals surface area contributed by atoms with Gasteiger partial charge in [0.15, 0.2) is 0 Å². The molecular weight excluding hydrogens is 371 g/mol. The fourth-order valence-electron chi connectivity index (χ4n) is 3.66. The number of amides is 1. The Balaban J connectivity index is 1.81. The number of cyclic esters (lactones) is 1. The van der Waals surface area contributed by atoms with Crippen LogP contribution in [0.3, 0.4) is 0 Å². The van der Waals surface area contributed by atoms with Gasteiger partial charge in [-0.3, -0.25) is 9.69 Å². The maximum atomic E-state index is 13.1. The number of benzene rings is 2. The van der Waals surface area contributed by atoms with Gasteiger partial charge in [0.2, 0.25) is 5.91 Å². The quantitative estimate of drug-likeness (QED) is 0.720. The van der Waals surface area contributed by atoms with Crippen molar-refractivity contribution in [2.24, 2.45) is 0 Å². The lowest BCUT2D eigenvalue weighted by Crippen LogP contribution is -2.37. The Morgan fingerprint density at radius 3 is 2.46 bits per heavy atom. The van der Waals surface area contributed by atoms with Crippen LogP contribution < -0.4 is 4.90 Å². The van der Waals surface area contributed by atoms with E-state index in [0.29, 0.717) is 11.3 Å². The van der Waals surface area contributed by atoms with Gasteiger partial charge in [-0.25, -0.2) is 4.79 Å². The largest absolute Gasteiger partial charge is 0.456 e. The molecule has 2 heterocycles. The van der Waals surface area contributed by atoms with Crippen LogP contribution in [0.15, 0.2) is 59.8 Å². The Morgan fingerprint density at radius 1 is 1.07 bits per heavy atom. The van der Waals surface area contributed by atoms with E-state index in [4.69, 9.17) is 4.74 Å². The standard InChI is InChI=1S/C21H16F3NO3/c1-12-5-7-13(8-6-12)16-10-18(26)25(17-11-28-20(27)19(16)17)15-4-2-3-14(9-15)21(22,23)24/h2-9,16H,10-11H2,1H3. The summed E-state index contributed by atoms with van der Waals surface area (Å²) in [5, 5.41) is 0. The van der Waals surface area contributed by atoms with Gasteiger partial charge >= 0.3 is 12.1 Å². The lowest BCUT2D eigenvalue weighted by Gasteiger charge is -2.32. The number of esters is 1. The van der Waals surface area contributed by atoms with Gasteiger partial charge in [0.1, 0.15) is 6.61 Å². The molecule has 2 aromatic carbocycles. The summed E-state index contributed by atoms with van der Waals surface area (Å²) in [5.41, 5.74) is 1.71. The zero-order valence-corrected chi connectivity index (χ0v) is 14.9. The average Bonchev–Trinajstić information content (AvgIpc) is 3.03. The monoisotopic (exact) mass is 387 g/mol. The number of nitrogens with zero attached hydrogens (tertiary/aromatic N) is 1. The molecule has 7 heteroatoms. The van der Waals surface area contributed by atoms with Crippen LogP contribution in [-0.4, -0.2) is 18.5 Å². The molecule has 0 saturated carbocycles. The lowest BCUT2D eigenvalue weighted by atomic mass is 9.84. The van der Waals surface area contributed by atoms with Crippen LogP contribution in [0.2, 0.25) is 0 Å². The lowest BCUT2D eigenvalue weighted by molar-refractivity contribution is -0.138. The van der Waals surface area contributed by atoms with Crippen LogP contribution in [0, 0.1) is 6.92 Å². The number of hydrogen-bond acceptors (Lipinski definition) is 3. The second-order valence-corrected chi connectivity index (χ2v) is 6.88. The molecule has 1 atom stereocenters. The molecule has 1 amide bonds. The number of hydrogen-bond donors (Lipinski definition) is 0. The molecule has 1 unspecified atom stereocenters. The van der Waals surface area contributed by atoms with Crippen LogP contribution in [-0.2, 0) is 20.5 Å².